The molecule has 2 aliphatic heterocycles. The number of methoxy groups -OCH3 is 2. The summed E-state index contributed by atoms with van der Waals surface area (Å²) in [5.41, 5.74) is 0.965. The lowest BCUT2D eigenvalue weighted by atomic mass is 9.68. The van der Waals surface area contributed by atoms with Gasteiger partial charge in [-0.15, -0.1) is 11.8 Å². The highest BCUT2D eigenvalue weighted by atomic mass is 32.2. The fourth-order valence-electron chi connectivity index (χ4n) is 6.79. The second-order valence-electron chi connectivity index (χ2n) is 9.23. The molecule has 0 unspecified atom stereocenters. The van der Waals surface area contributed by atoms with E-state index in [9.17, 15) is 24.3 Å². The number of carboxylic acids is 1. The zero-order valence-electron chi connectivity index (χ0n) is 18.3. The lowest BCUT2D eigenvalue weighted by Gasteiger charge is -2.43. The molecule has 6 rings (SSSR count). The molecule has 4 aliphatic rings. The molecule has 2 aliphatic carbocycles. The fraction of sp³-hybridized carbons (Fsp3) is 0.478. The van der Waals surface area contributed by atoms with Gasteiger partial charge in [0.25, 0.3) is 0 Å². The third kappa shape index (κ3) is 2.86. The number of fused-ring (bicyclic) bond motifs is 9. The number of hydrogen-bond acceptors (Lipinski definition) is 8. The van der Waals surface area contributed by atoms with Gasteiger partial charge in [0.15, 0.2) is 11.5 Å². The number of carboxylic acid groups (broad SMARTS) is 1. The molecule has 2 N–H and O–H groups in total. The number of carbonyl (C=O) groups is 3. The summed E-state index contributed by atoms with van der Waals surface area (Å²) < 4.78 is 10.9. The number of hydrogen-bond donors (Lipinski definition) is 2. The van der Waals surface area contributed by atoms with Crippen LogP contribution >= 0.6 is 23.1 Å². The van der Waals surface area contributed by atoms with Gasteiger partial charge in [-0.05, 0) is 41.9 Å². The molecule has 9 nitrogen and oxygen atoms in total. The maximum absolute atomic E-state index is 13.2. The normalized spacial score (nSPS) is 33.0. The first-order valence-electron chi connectivity index (χ1n) is 11.0. The molecule has 2 bridgehead atoms. The summed E-state index contributed by atoms with van der Waals surface area (Å²) in [4.78, 5) is 54.6. The van der Waals surface area contributed by atoms with Crippen molar-refractivity contribution in [1.29, 1.82) is 0 Å². The first kappa shape index (κ1) is 21.7. The van der Waals surface area contributed by atoms with Gasteiger partial charge in [0.2, 0.25) is 11.8 Å². The molecule has 1 aromatic heterocycles. The first-order chi connectivity index (χ1) is 16.3. The van der Waals surface area contributed by atoms with Gasteiger partial charge in [-0.3, -0.25) is 24.1 Å². The minimum absolute atomic E-state index is 0.0369. The van der Waals surface area contributed by atoms with Crippen LogP contribution in [-0.4, -0.2) is 58.8 Å². The molecule has 2 saturated carbocycles. The van der Waals surface area contributed by atoms with Gasteiger partial charge in [0, 0.05) is 16.0 Å². The zero-order valence-corrected chi connectivity index (χ0v) is 20.0. The standard InChI is InChI=1S/C23H22N2O7S2/c1-31-11-4-3-8(5-12(11)32-2)14-15-9-6-10(18(15)33-20-19(14)34-23(30)24-20)17-16(9)21(28)25(22(17)29)7-13(26)27/h3-5,9-10,14-18H,6-7H2,1-2H3,(H,24,30)(H,26,27)/t9-,10-,14+,15-,16+,17+,18-/m1/s1. The molecule has 0 radical (unpaired) electrons. The van der Waals surface area contributed by atoms with Gasteiger partial charge in [-0.25, -0.2) is 0 Å². The molecule has 2 amide bonds. The molecule has 0 spiro atoms. The van der Waals surface area contributed by atoms with E-state index in [-0.39, 0.29) is 45.6 Å². The van der Waals surface area contributed by atoms with Crippen molar-refractivity contribution in [2.45, 2.75) is 22.6 Å². The maximum Gasteiger partial charge on any atom is 0.323 e. The van der Waals surface area contributed by atoms with Crippen LogP contribution in [-0.2, 0) is 14.4 Å². The monoisotopic (exact) mass is 502 g/mol. The van der Waals surface area contributed by atoms with Gasteiger partial charge in [-0.1, -0.05) is 17.4 Å². The predicted octanol–water partition coefficient (Wildman–Crippen LogP) is 2.01. The number of H-pyrrole nitrogens is 1. The molecule has 1 aromatic carbocycles. The van der Waals surface area contributed by atoms with E-state index in [2.05, 4.69) is 4.98 Å². The van der Waals surface area contributed by atoms with E-state index >= 15 is 0 Å². The number of benzene rings is 1. The number of aromatic amines is 1. The minimum Gasteiger partial charge on any atom is -0.493 e. The Morgan fingerprint density at radius 2 is 1.82 bits per heavy atom. The van der Waals surface area contributed by atoms with Crippen LogP contribution in [0.1, 0.15) is 22.8 Å². The Morgan fingerprint density at radius 3 is 2.50 bits per heavy atom. The van der Waals surface area contributed by atoms with Gasteiger partial charge >= 0.3 is 10.8 Å². The Kier molecular flexibility index (Phi) is 4.86. The molecule has 1 saturated heterocycles. The highest BCUT2D eigenvalue weighted by Crippen LogP contribution is 2.68. The largest absolute Gasteiger partial charge is 0.493 e. The summed E-state index contributed by atoms with van der Waals surface area (Å²) in [5.74, 6) is -1.93. The number of aliphatic carboxylic acids is 1. The molecular weight excluding hydrogens is 480 g/mol. The quantitative estimate of drug-likeness (QED) is 0.595. The SMILES string of the molecule is COc1ccc([C@@H]2c3sc(=O)[nH]c3S[C@@H]3[C@@H]4C[C@@H]([C@@H]5C(=O)N(CC(=O)O)C(=O)[C@@H]45)[C@H]23)cc1OC. The number of aromatic nitrogens is 1. The molecule has 3 heterocycles. The van der Waals surface area contributed by atoms with Crippen LogP contribution in [0.15, 0.2) is 28.0 Å². The lowest BCUT2D eigenvalue weighted by molar-refractivity contribution is -0.149. The number of rotatable bonds is 5. The second kappa shape index (κ2) is 7.61. The van der Waals surface area contributed by atoms with E-state index in [1.807, 2.05) is 18.2 Å². The maximum atomic E-state index is 13.2. The number of thiazole rings is 1. The predicted molar refractivity (Wildman–Crippen MR) is 122 cm³/mol. The van der Waals surface area contributed by atoms with Gasteiger partial charge < -0.3 is 19.6 Å². The second-order valence-corrected chi connectivity index (χ2v) is 11.4. The van der Waals surface area contributed by atoms with E-state index in [1.54, 1.807) is 26.0 Å². The average Bonchev–Trinajstić information content (AvgIpc) is 3.54. The Labute approximate surface area is 202 Å². The van der Waals surface area contributed by atoms with Crippen LogP contribution in [0, 0.1) is 29.6 Å². The van der Waals surface area contributed by atoms with Crippen molar-refractivity contribution >= 4 is 40.9 Å². The van der Waals surface area contributed by atoms with Crippen LogP contribution in [0.2, 0.25) is 0 Å². The van der Waals surface area contributed by atoms with Crippen molar-refractivity contribution in [2.24, 2.45) is 29.6 Å². The molecule has 2 aromatic rings. The Morgan fingerprint density at radius 1 is 1.12 bits per heavy atom. The average molecular weight is 503 g/mol. The van der Waals surface area contributed by atoms with E-state index in [0.717, 1.165) is 26.8 Å². The number of ether oxygens (including phenoxy) is 2. The Hall–Kier alpha value is -2.79. The number of carbonyl (C=O) groups excluding carboxylic acids is 2. The first-order valence-corrected chi connectivity index (χ1v) is 12.7. The van der Waals surface area contributed by atoms with Crippen molar-refractivity contribution in [3.05, 3.63) is 38.3 Å². The third-order valence-electron chi connectivity index (χ3n) is 7.88. The summed E-state index contributed by atoms with van der Waals surface area (Å²) in [6.07, 6.45) is 0.749. The summed E-state index contributed by atoms with van der Waals surface area (Å²) >= 11 is 2.78. The topological polar surface area (TPSA) is 126 Å². The highest BCUT2D eigenvalue weighted by molar-refractivity contribution is 8.00. The van der Waals surface area contributed by atoms with Gasteiger partial charge in [0.05, 0.1) is 31.1 Å². The summed E-state index contributed by atoms with van der Waals surface area (Å²) in [5, 5.41) is 10.1. The zero-order chi connectivity index (χ0) is 23.9. The van der Waals surface area contributed by atoms with Crippen molar-refractivity contribution in [3.63, 3.8) is 0 Å². The number of amides is 2. The van der Waals surface area contributed by atoms with Crippen LogP contribution in [0.25, 0.3) is 0 Å². The third-order valence-corrected chi connectivity index (χ3v) is 10.5. The van der Waals surface area contributed by atoms with E-state index in [0.29, 0.717) is 11.5 Å². The van der Waals surface area contributed by atoms with Crippen LogP contribution < -0.4 is 14.3 Å². The summed E-state index contributed by atoms with van der Waals surface area (Å²) in [7, 11) is 3.14. The Bertz CT molecular complexity index is 1290. The van der Waals surface area contributed by atoms with Crippen molar-refractivity contribution in [2.75, 3.05) is 20.8 Å². The highest BCUT2D eigenvalue weighted by Gasteiger charge is 2.69. The minimum atomic E-state index is -1.19. The summed E-state index contributed by atoms with van der Waals surface area (Å²) in [6, 6.07) is 5.73. The summed E-state index contributed by atoms with van der Waals surface area (Å²) in [6.45, 7) is -0.591. The van der Waals surface area contributed by atoms with Gasteiger partial charge in [0.1, 0.15) is 6.54 Å². The molecule has 34 heavy (non-hydrogen) atoms. The van der Waals surface area contributed by atoms with Gasteiger partial charge in [-0.2, -0.15) is 0 Å². The van der Waals surface area contributed by atoms with E-state index < -0.39 is 24.3 Å². The number of imide groups is 1. The van der Waals surface area contributed by atoms with E-state index in [1.165, 1.54) is 11.3 Å². The van der Waals surface area contributed by atoms with Crippen LogP contribution in [0.5, 0.6) is 11.5 Å². The number of nitrogens with zero attached hydrogens (tertiary/aromatic N) is 1. The molecule has 7 atom stereocenters. The number of thioether (sulfide) groups is 1. The van der Waals surface area contributed by atoms with Crippen LogP contribution in [0.3, 0.4) is 0 Å². The van der Waals surface area contributed by atoms with Crippen LogP contribution in [0.4, 0.5) is 0 Å². The van der Waals surface area contributed by atoms with Crippen molar-refractivity contribution in [1.82, 2.24) is 9.88 Å². The van der Waals surface area contributed by atoms with Crippen molar-refractivity contribution < 1.29 is 29.0 Å². The lowest BCUT2D eigenvalue weighted by Crippen LogP contribution is -2.42. The smallest absolute Gasteiger partial charge is 0.323 e. The number of likely N-dealkylation sites (tertiary alicyclic amines) is 1. The van der Waals surface area contributed by atoms with E-state index in [4.69, 9.17) is 9.47 Å². The fourth-order valence-corrected chi connectivity index (χ4v) is 9.68. The molecule has 11 heteroatoms. The van der Waals surface area contributed by atoms with Crippen molar-refractivity contribution in [3.8, 4) is 11.5 Å². The molecular formula is C23H22N2O7S2. The Balaban J connectivity index is 1.46. The molecule has 178 valence electrons. The number of nitrogens with one attached hydrogen (secondary N) is 1. The molecule has 3 fully saturated rings.